The van der Waals surface area contributed by atoms with Crippen LogP contribution in [0.2, 0.25) is 0 Å². The molecule has 0 radical (unpaired) electrons. The van der Waals surface area contributed by atoms with Crippen molar-refractivity contribution in [2.45, 2.75) is 53.4 Å². The zero-order valence-electron chi connectivity index (χ0n) is 9.14. The highest BCUT2D eigenvalue weighted by atomic mass is 14.3. The summed E-state index contributed by atoms with van der Waals surface area (Å²) in [5, 5.41) is 0. The summed E-state index contributed by atoms with van der Waals surface area (Å²) in [5.74, 6) is 3.82. The monoisotopic (exact) mass is 168 g/mol. The molecule has 1 aliphatic carbocycles. The van der Waals surface area contributed by atoms with Gasteiger partial charge in [-0.1, -0.05) is 53.4 Å². The molecule has 0 spiro atoms. The van der Waals surface area contributed by atoms with E-state index >= 15 is 0 Å². The van der Waals surface area contributed by atoms with Gasteiger partial charge in [-0.25, -0.2) is 0 Å². The molecular formula is C12H24. The molecule has 0 aromatic heterocycles. The second kappa shape index (κ2) is 4.30. The van der Waals surface area contributed by atoms with Gasteiger partial charge in [0.05, 0.1) is 0 Å². The largest absolute Gasteiger partial charge is 0.0625 e. The van der Waals surface area contributed by atoms with Gasteiger partial charge < -0.3 is 0 Å². The van der Waals surface area contributed by atoms with E-state index < -0.39 is 0 Å². The Hall–Kier alpha value is 0. The van der Waals surface area contributed by atoms with E-state index in [-0.39, 0.29) is 0 Å². The SMILES string of the molecule is CC(C)C(C)C(C)CCC1CC1. The molecule has 0 aromatic rings. The van der Waals surface area contributed by atoms with Gasteiger partial charge in [0.25, 0.3) is 0 Å². The summed E-state index contributed by atoms with van der Waals surface area (Å²) in [6, 6.07) is 0. The first-order chi connectivity index (χ1) is 5.61. The van der Waals surface area contributed by atoms with Crippen LogP contribution < -0.4 is 0 Å². The third kappa shape index (κ3) is 3.16. The first-order valence-corrected chi connectivity index (χ1v) is 5.61. The summed E-state index contributed by atoms with van der Waals surface area (Å²) in [5.41, 5.74) is 0. The van der Waals surface area contributed by atoms with E-state index in [1.54, 1.807) is 0 Å². The molecule has 72 valence electrons. The van der Waals surface area contributed by atoms with Gasteiger partial charge >= 0.3 is 0 Å². The molecule has 0 saturated heterocycles. The molecule has 1 rings (SSSR count). The summed E-state index contributed by atoms with van der Waals surface area (Å²) in [6.07, 6.45) is 5.99. The molecule has 2 atom stereocenters. The molecule has 1 fully saturated rings. The van der Waals surface area contributed by atoms with Crippen LogP contribution in [0, 0.1) is 23.7 Å². The lowest BCUT2D eigenvalue weighted by Gasteiger charge is -2.23. The predicted octanol–water partition coefficient (Wildman–Crippen LogP) is 4.10. The summed E-state index contributed by atoms with van der Waals surface area (Å²) in [4.78, 5) is 0. The third-order valence-corrected chi connectivity index (χ3v) is 3.68. The fraction of sp³-hybridized carbons (Fsp3) is 1.00. The van der Waals surface area contributed by atoms with Gasteiger partial charge in [-0.3, -0.25) is 0 Å². The number of hydrogen-bond acceptors (Lipinski definition) is 0. The number of rotatable bonds is 5. The van der Waals surface area contributed by atoms with Crippen molar-refractivity contribution in [3.8, 4) is 0 Å². The molecule has 0 heteroatoms. The lowest BCUT2D eigenvalue weighted by atomic mass is 9.83. The molecule has 0 heterocycles. The van der Waals surface area contributed by atoms with Crippen molar-refractivity contribution in [1.82, 2.24) is 0 Å². The van der Waals surface area contributed by atoms with E-state index in [1.165, 1.54) is 25.7 Å². The summed E-state index contributed by atoms with van der Waals surface area (Å²) < 4.78 is 0. The Balaban J connectivity index is 2.11. The van der Waals surface area contributed by atoms with E-state index in [2.05, 4.69) is 27.7 Å². The van der Waals surface area contributed by atoms with Crippen LogP contribution in [0.3, 0.4) is 0 Å². The summed E-state index contributed by atoms with van der Waals surface area (Å²) in [6.45, 7) is 9.52. The van der Waals surface area contributed by atoms with Gasteiger partial charge in [-0.05, 0) is 23.7 Å². The molecule has 0 nitrogen and oxygen atoms in total. The van der Waals surface area contributed by atoms with Crippen molar-refractivity contribution < 1.29 is 0 Å². The highest BCUT2D eigenvalue weighted by Gasteiger charge is 2.23. The van der Waals surface area contributed by atoms with Crippen LogP contribution in [0.5, 0.6) is 0 Å². The maximum atomic E-state index is 2.42. The van der Waals surface area contributed by atoms with Crippen molar-refractivity contribution >= 4 is 0 Å². The Morgan fingerprint density at radius 3 is 2.08 bits per heavy atom. The molecule has 0 aromatic carbocycles. The minimum Gasteiger partial charge on any atom is -0.0625 e. The molecule has 0 aliphatic heterocycles. The van der Waals surface area contributed by atoms with Gasteiger partial charge in [0.2, 0.25) is 0 Å². The average Bonchev–Trinajstić information content (AvgIpc) is 2.81. The average molecular weight is 168 g/mol. The lowest BCUT2D eigenvalue weighted by molar-refractivity contribution is 0.274. The second-order valence-electron chi connectivity index (χ2n) is 5.10. The zero-order valence-corrected chi connectivity index (χ0v) is 9.14. The minimum atomic E-state index is 0.860. The summed E-state index contributed by atoms with van der Waals surface area (Å²) >= 11 is 0. The Morgan fingerprint density at radius 2 is 1.67 bits per heavy atom. The molecular weight excluding hydrogens is 144 g/mol. The maximum absolute atomic E-state index is 2.42. The Labute approximate surface area is 77.7 Å². The fourth-order valence-corrected chi connectivity index (χ4v) is 1.83. The van der Waals surface area contributed by atoms with E-state index in [4.69, 9.17) is 0 Å². The van der Waals surface area contributed by atoms with Crippen LogP contribution in [0.25, 0.3) is 0 Å². The quantitative estimate of drug-likeness (QED) is 0.579. The molecule has 12 heavy (non-hydrogen) atoms. The first-order valence-electron chi connectivity index (χ1n) is 5.61. The Bertz CT molecular complexity index is 122. The van der Waals surface area contributed by atoms with Crippen molar-refractivity contribution in [1.29, 1.82) is 0 Å². The van der Waals surface area contributed by atoms with E-state index in [1.807, 2.05) is 0 Å². The van der Waals surface area contributed by atoms with Crippen molar-refractivity contribution in [3.05, 3.63) is 0 Å². The van der Waals surface area contributed by atoms with Crippen LogP contribution in [-0.4, -0.2) is 0 Å². The Kier molecular flexibility index (Phi) is 3.61. The fourth-order valence-electron chi connectivity index (χ4n) is 1.83. The topological polar surface area (TPSA) is 0 Å². The maximum Gasteiger partial charge on any atom is -0.0394 e. The molecule has 1 aliphatic rings. The molecule has 1 saturated carbocycles. The normalized spacial score (nSPS) is 22.8. The van der Waals surface area contributed by atoms with Crippen molar-refractivity contribution in [3.63, 3.8) is 0 Å². The highest BCUT2D eigenvalue weighted by Crippen LogP contribution is 2.36. The highest BCUT2D eigenvalue weighted by molar-refractivity contribution is 4.75. The Morgan fingerprint density at radius 1 is 1.08 bits per heavy atom. The van der Waals surface area contributed by atoms with Crippen LogP contribution in [0.15, 0.2) is 0 Å². The van der Waals surface area contributed by atoms with Gasteiger partial charge in [0, 0.05) is 0 Å². The first kappa shape index (κ1) is 10.1. The van der Waals surface area contributed by atoms with Crippen LogP contribution in [0.1, 0.15) is 53.4 Å². The molecule has 2 unspecified atom stereocenters. The van der Waals surface area contributed by atoms with Crippen LogP contribution in [-0.2, 0) is 0 Å². The van der Waals surface area contributed by atoms with Gasteiger partial charge in [0.15, 0.2) is 0 Å². The van der Waals surface area contributed by atoms with Crippen molar-refractivity contribution in [2.24, 2.45) is 23.7 Å². The summed E-state index contributed by atoms with van der Waals surface area (Å²) in [7, 11) is 0. The third-order valence-electron chi connectivity index (χ3n) is 3.68. The lowest BCUT2D eigenvalue weighted by Crippen LogP contribution is -2.14. The van der Waals surface area contributed by atoms with Crippen LogP contribution in [0.4, 0.5) is 0 Å². The molecule has 0 bridgehead atoms. The molecule has 0 N–H and O–H groups in total. The second-order valence-corrected chi connectivity index (χ2v) is 5.10. The minimum absolute atomic E-state index is 0.860. The smallest absolute Gasteiger partial charge is 0.0394 e. The van der Waals surface area contributed by atoms with Gasteiger partial charge in [-0.15, -0.1) is 0 Å². The zero-order chi connectivity index (χ0) is 9.14. The van der Waals surface area contributed by atoms with Gasteiger partial charge in [-0.2, -0.15) is 0 Å². The van der Waals surface area contributed by atoms with Crippen LogP contribution >= 0.6 is 0 Å². The van der Waals surface area contributed by atoms with E-state index in [0.717, 1.165) is 23.7 Å². The van der Waals surface area contributed by atoms with E-state index in [0.29, 0.717) is 0 Å². The van der Waals surface area contributed by atoms with Gasteiger partial charge in [0.1, 0.15) is 0 Å². The molecule has 0 amide bonds. The predicted molar refractivity (Wildman–Crippen MR) is 55.1 cm³/mol. The standard InChI is InChI=1S/C12H24/c1-9(2)11(4)10(3)5-6-12-7-8-12/h9-12H,5-8H2,1-4H3. The number of hydrogen-bond donors (Lipinski definition) is 0. The van der Waals surface area contributed by atoms with E-state index in [9.17, 15) is 0 Å². The van der Waals surface area contributed by atoms with Crippen molar-refractivity contribution in [2.75, 3.05) is 0 Å².